The topological polar surface area (TPSA) is 71.5 Å². The van der Waals surface area contributed by atoms with Gasteiger partial charge >= 0.3 is 6.61 Å². The zero-order valence-electron chi connectivity index (χ0n) is 14.4. The van der Waals surface area contributed by atoms with Gasteiger partial charge in [-0.1, -0.05) is 12.1 Å². The van der Waals surface area contributed by atoms with Crippen molar-refractivity contribution in [3.63, 3.8) is 0 Å². The van der Waals surface area contributed by atoms with E-state index in [0.717, 1.165) is 12.0 Å². The number of thiazole rings is 1. The molecule has 1 aromatic heterocycles. The van der Waals surface area contributed by atoms with Crippen LogP contribution in [0.25, 0.3) is 0 Å². The minimum atomic E-state index is -2.86. The van der Waals surface area contributed by atoms with Crippen molar-refractivity contribution in [3.8, 4) is 5.75 Å². The molecule has 2 aromatic rings. The number of carbonyl (C=O) groups is 2. The molecular formula is C18H19F2N3O3S. The molecule has 9 heteroatoms. The van der Waals surface area contributed by atoms with E-state index in [9.17, 15) is 18.4 Å². The summed E-state index contributed by atoms with van der Waals surface area (Å²) in [4.78, 5) is 30.6. The van der Waals surface area contributed by atoms with E-state index in [1.165, 1.54) is 23.5 Å². The third-order valence-electron chi connectivity index (χ3n) is 4.31. The highest BCUT2D eigenvalue weighted by Gasteiger charge is 2.33. The van der Waals surface area contributed by atoms with Crippen LogP contribution in [0, 0.1) is 0 Å². The lowest BCUT2D eigenvalue weighted by atomic mass is 10.1. The number of rotatable bonds is 7. The number of nitrogens with zero attached hydrogens (tertiary/aromatic N) is 2. The van der Waals surface area contributed by atoms with Crippen molar-refractivity contribution in [2.75, 3.05) is 11.9 Å². The predicted molar refractivity (Wildman–Crippen MR) is 96.9 cm³/mol. The molecule has 27 heavy (non-hydrogen) atoms. The van der Waals surface area contributed by atoms with Crippen molar-refractivity contribution in [1.29, 1.82) is 0 Å². The average Bonchev–Trinajstić information content (AvgIpc) is 3.32. The summed E-state index contributed by atoms with van der Waals surface area (Å²) < 4.78 is 28.6. The fourth-order valence-corrected chi connectivity index (χ4v) is 3.58. The number of aryl methyl sites for hydroxylation is 1. The molecular weight excluding hydrogens is 376 g/mol. The monoisotopic (exact) mass is 395 g/mol. The molecule has 1 N–H and O–H groups in total. The maximum absolute atomic E-state index is 12.6. The Morgan fingerprint density at radius 2 is 2.11 bits per heavy atom. The summed E-state index contributed by atoms with van der Waals surface area (Å²) in [7, 11) is 0. The summed E-state index contributed by atoms with van der Waals surface area (Å²) in [5, 5.41) is 5.03. The molecule has 1 aliphatic rings. The van der Waals surface area contributed by atoms with Crippen LogP contribution in [-0.4, -0.2) is 40.9 Å². The van der Waals surface area contributed by atoms with E-state index in [2.05, 4.69) is 15.0 Å². The Labute approximate surface area is 159 Å². The van der Waals surface area contributed by atoms with Gasteiger partial charge in [-0.15, -0.1) is 11.3 Å². The van der Waals surface area contributed by atoms with E-state index in [4.69, 9.17) is 0 Å². The quantitative estimate of drug-likeness (QED) is 0.781. The van der Waals surface area contributed by atoms with Gasteiger partial charge in [0.05, 0.1) is 0 Å². The van der Waals surface area contributed by atoms with Crippen molar-refractivity contribution < 1.29 is 23.1 Å². The van der Waals surface area contributed by atoms with Gasteiger partial charge in [0.2, 0.25) is 11.8 Å². The van der Waals surface area contributed by atoms with Crippen LogP contribution in [0.3, 0.4) is 0 Å². The summed E-state index contributed by atoms with van der Waals surface area (Å²) in [5.74, 6) is -0.234. The smallest absolute Gasteiger partial charge is 0.387 e. The lowest BCUT2D eigenvalue weighted by molar-refractivity contribution is -0.136. The Morgan fingerprint density at radius 1 is 1.33 bits per heavy atom. The third kappa shape index (κ3) is 5.22. The van der Waals surface area contributed by atoms with E-state index >= 15 is 0 Å². The normalized spacial score (nSPS) is 16.6. The predicted octanol–water partition coefficient (Wildman–Crippen LogP) is 3.31. The second-order valence-corrected chi connectivity index (χ2v) is 6.99. The van der Waals surface area contributed by atoms with E-state index in [1.54, 1.807) is 28.6 Å². The van der Waals surface area contributed by atoms with Gasteiger partial charge < -0.3 is 15.0 Å². The second kappa shape index (κ2) is 8.90. The van der Waals surface area contributed by atoms with E-state index in [1.807, 2.05) is 0 Å². The average molecular weight is 395 g/mol. The Hall–Kier alpha value is -2.55. The molecule has 2 heterocycles. The van der Waals surface area contributed by atoms with Crippen LogP contribution in [0.5, 0.6) is 5.75 Å². The molecule has 1 unspecified atom stereocenters. The van der Waals surface area contributed by atoms with Gasteiger partial charge in [-0.25, -0.2) is 4.98 Å². The highest BCUT2D eigenvalue weighted by atomic mass is 32.1. The summed E-state index contributed by atoms with van der Waals surface area (Å²) >= 11 is 1.33. The zero-order chi connectivity index (χ0) is 19.2. The molecule has 0 aliphatic carbocycles. The highest BCUT2D eigenvalue weighted by Crippen LogP contribution is 2.22. The fraction of sp³-hybridized carbons (Fsp3) is 0.389. The van der Waals surface area contributed by atoms with Crippen molar-refractivity contribution in [1.82, 2.24) is 9.88 Å². The van der Waals surface area contributed by atoms with Crippen LogP contribution in [0.1, 0.15) is 24.8 Å². The van der Waals surface area contributed by atoms with Gasteiger partial charge in [-0.05, 0) is 37.0 Å². The number of likely N-dealkylation sites (tertiary alicyclic amines) is 1. The summed E-state index contributed by atoms with van der Waals surface area (Å²) in [6, 6.07) is 5.73. The minimum absolute atomic E-state index is 0.0820. The van der Waals surface area contributed by atoms with E-state index < -0.39 is 12.7 Å². The van der Waals surface area contributed by atoms with Crippen LogP contribution >= 0.6 is 11.3 Å². The van der Waals surface area contributed by atoms with Crippen molar-refractivity contribution >= 4 is 28.3 Å². The molecule has 1 aromatic carbocycles. The van der Waals surface area contributed by atoms with Crippen LogP contribution in [0.2, 0.25) is 0 Å². The molecule has 6 nitrogen and oxygen atoms in total. The number of ether oxygens (including phenoxy) is 1. The van der Waals surface area contributed by atoms with Gasteiger partial charge in [0.25, 0.3) is 0 Å². The Kier molecular flexibility index (Phi) is 6.33. The maximum Gasteiger partial charge on any atom is 0.387 e. The fourth-order valence-electron chi connectivity index (χ4n) is 3.04. The van der Waals surface area contributed by atoms with Crippen molar-refractivity contribution in [2.24, 2.45) is 0 Å². The van der Waals surface area contributed by atoms with E-state index in [-0.39, 0.29) is 24.0 Å². The number of carbonyl (C=O) groups excluding carboxylic acids is 2. The first-order chi connectivity index (χ1) is 13.0. The molecule has 0 spiro atoms. The lowest BCUT2D eigenvalue weighted by Gasteiger charge is -2.23. The molecule has 0 radical (unpaired) electrons. The van der Waals surface area contributed by atoms with E-state index in [0.29, 0.717) is 24.5 Å². The molecule has 3 rings (SSSR count). The number of benzene rings is 1. The van der Waals surface area contributed by atoms with Gasteiger partial charge in [0.15, 0.2) is 5.13 Å². The largest absolute Gasteiger partial charge is 0.435 e. The molecule has 2 amide bonds. The van der Waals surface area contributed by atoms with Crippen LogP contribution < -0.4 is 10.1 Å². The number of hydrogen-bond acceptors (Lipinski definition) is 5. The van der Waals surface area contributed by atoms with Gasteiger partial charge in [-0.3, -0.25) is 9.59 Å². The molecule has 1 saturated heterocycles. The highest BCUT2D eigenvalue weighted by molar-refractivity contribution is 7.13. The number of nitrogens with one attached hydrogen (secondary N) is 1. The van der Waals surface area contributed by atoms with Crippen molar-refractivity contribution in [3.05, 3.63) is 41.4 Å². The number of aromatic nitrogens is 1. The molecule has 1 atom stereocenters. The van der Waals surface area contributed by atoms with Gasteiger partial charge in [0.1, 0.15) is 11.8 Å². The SMILES string of the molecule is O=C(Nc1nccs1)C1CCCN1C(=O)CCc1ccc(OC(F)F)cc1. The molecule has 144 valence electrons. The number of alkyl halides is 2. The Bertz CT molecular complexity index is 769. The zero-order valence-corrected chi connectivity index (χ0v) is 15.3. The number of anilines is 1. The number of halogens is 2. The molecule has 0 saturated carbocycles. The number of hydrogen-bond donors (Lipinski definition) is 1. The first-order valence-electron chi connectivity index (χ1n) is 8.56. The molecule has 1 aliphatic heterocycles. The van der Waals surface area contributed by atoms with Gasteiger partial charge in [-0.2, -0.15) is 8.78 Å². The number of amides is 2. The first-order valence-corrected chi connectivity index (χ1v) is 9.44. The summed E-state index contributed by atoms with van der Waals surface area (Å²) in [6.07, 6.45) is 3.72. The third-order valence-corrected chi connectivity index (χ3v) is 5.00. The Balaban J connectivity index is 1.52. The maximum atomic E-state index is 12.6. The second-order valence-electron chi connectivity index (χ2n) is 6.09. The van der Waals surface area contributed by atoms with Crippen LogP contribution in [0.15, 0.2) is 35.8 Å². The Morgan fingerprint density at radius 3 is 2.78 bits per heavy atom. The first kappa shape index (κ1) is 19.2. The molecule has 0 bridgehead atoms. The summed E-state index contributed by atoms with van der Waals surface area (Å²) in [5.41, 5.74) is 0.841. The standard InChI is InChI=1S/C18H19F2N3O3S/c19-17(20)26-13-6-3-12(4-7-13)5-8-15(24)23-10-1-2-14(23)16(25)22-18-21-9-11-27-18/h3-4,6-7,9,11,14,17H,1-2,5,8,10H2,(H,21,22,25). The summed E-state index contributed by atoms with van der Waals surface area (Å²) in [6.45, 7) is -2.31. The minimum Gasteiger partial charge on any atom is -0.435 e. The lowest BCUT2D eigenvalue weighted by Crippen LogP contribution is -2.43. The molecule has 1 fully saturated rings. The van der Waals surface area contributed by atoms with Crippen LogP contribution in [0.4, 0.5) is 13.9 Å². The van der Waals surface area contributed by atoms with Crippen LogP contribution in [-0.2, 0) is 16.0 Å². The van der Waals surface area contributed by atoms with Gasteiger partial charge in [0, 0.05) is 24.5 Å². The van der Waals surface area contributed by atoms with Crippen molar-refractivity contribution in [2.45, 2.75) is 38.3 Å².